The van der Waals surface area contributed by atoms with Gasteiger partial charge < -0.3 is 9.47 Å². The van der Waals surface area contributed by atoms with Gasteiger partial charge in [-0.1, -0.05) is 55.9 Å². The van der Waals surface area contributed by atoms with Gasteiger partial charge in [0.1, 0.15) is 11.5 Å². The van der Waals surface area contributed by atoms with Crippen LogP contribution in [0.25, 0.3) is 0 Å². The molecule has 0 aromatic heterocycles. The summed E-state index contributed by atoms with van der Waals surface area (Å²) in [7, 11) is 12.5. The lowest BCUT2D eigenvalue weighted by Gasteiger charge is -2.25. The van der Waals surface area contributed by atoms with E-state index in [-0.39, 0.29) is 37.6 Å². The molecule has 1 aromatic rings. The Morgan fingerprint density at radius 2 is 1.50 bits per heavy atom. The number of hydrogen-bond donors (Lipinski definition) is 1. The number of benzene rings is 1. The summed E-state index contributed by atoms with van der Waals surface area (Å²) in [6.45, 7) is 0. The average molecular weight is 492 g/mol. The van der Waals surface area contributed by atoms with Crippen molar-refractivity contribution in [3.8, 4) is 5.75 Å². The first-order valence-electron chi connectivity index (χ1n) is 10.9. The van der Waals surface area contributed by atoms with Crippen LogP contribution in [0.2, 0.25) is 0 Å². The molecule has 0 saturated heterocycles. The fourth-order valence-corrected chi connectivity index (χ4v) is 4.66. The minimum atomic E-state index is -4.83. The second-order valence-electron chi connectivity index (χ2n) is 8.19. The van der Waals surface area contributed by atoms with E-state index in [0.29, 0.717) is 30.4 Å². The average Bonchev–Trinajstić information content (AvgIpc) is 3.03. The lowest BCUT2D eigenvalue weighted by Crippen LogP contribution is -2.39. The van der Waals surface area contributed by atoms with E-state index in [1.54, 1.807) is 12.1 Å². The van der Waals surface area contributed by atoms with Gasteiger partial charge in [-0.15, -0.1) is 0 Å². The number of esters is 2. The van der Waals surface area contributed by atoms with E-state index in [9.17, 15) is 26.8 Å². The smallest absolute Gasteiger partial charge is 0.315 e. The zero-order chi connectivity index (χ0) is 25.5. The monoisotopic (exact) mass is 492 g/mol. The Hall–Kier alpha value is -1.88. The molecule has 1 aliphatic rings. The Kier molecular flexibility index (Phi) is 10.6. The molecule has 1 fully saturated rings. The van der Waals surface area contributed by atoms with Gasteiger partial charge in [0.25, 0.3) is 16.5 Å². The molecule has 0 bridgehead atoms. The summed E-state index contributed by atoms with van der Waals surface area (Å²) >= 11 is 0. The van der Waals surface area contributed by atoms with Gasteiger partial charge in [-0.3, -0.25) is 14.1 Å². The van der Waals surface area contributed by atoms with Gasteiger partial charge in [0.2, 0.25) is 0 Å². The van der Waals surface area contributed by atoms with Crippen molar-refractivity contribution in [3.63, 3.8) is 0 Å². The topological polar surface area (TPSA) is 107 Å². The Morgan fingerprint density at radius 1 is 0.971 bits per heavy atom. The molecule has 1 aliphatic carbocycles. The zero-order valence-corrected chi connectivity index (χ0v) is 19.4. The highest BCUT2D eigenvalue weighted by atomic mass is 32.2. The predicted molar refractivity (Wildman–Crippen MR) is 123 cm³/mol. The van der Waals surface area contributed by atoms with Crippen molar-refractivity contribution >= 4 is 45.6 Å². The van der Waals surface area contributed by atoms with Crippen LogP contribution in [0.1, 0.15) is 48.8 Å². The van der Waals surface area contributed by atoms with E-state index >= 15 is 0 Å². The maximum atomic E-state index is 13.2. The summed E-state index contributed by atoms with van der Waals surface area (Å²) in [6.07, 6.45) is -3.18. The van der Waals surface area contributed by atoms with Gasteiger partial charge in [0.05, 0.1) is 35.4 Å². The lowest BCUT2D eigenvalue weighted by molar-refractivity contribution is -0.166. The first-order valence-corrected chi connectivity index (χ1v) is 12.5. The number of carbonyl (C=O) groups is 2. The first kappa shape index (κ1) is 28.4. The minimum Gasteiger partial charge on any atom is -0.455 e. The zero-order valence-electron chi connectivity index (χ0n) is 18.6. The Morgan fingerprint density at radius 3 is 1.94 bits per heavy atom. The van der Waals surface area contributed by atoms with Crippen LogP contribution in [0.3, 0.4) is 0 Å². The molecule has 34 heavy (non-hydrogen) atoms. The van der Waals surface area contributed by atoms with E-state index in [1.807, 2.05) is 0 Å². The third-order valence-electron chi connectivity index (χ3n) is 5.73. The lowest BCUT2D eigenvalue weighted by atomic mass is 9.85. The van der Waals surface area contributed by atoms with Crippen LogP contribution < -0.4 is 4.74 Å². The number of carbonyl (C=O) groups excluding carboxylic acids is 2. The van der Waals surface area contributed by atoms with Crippen LogP contribution in [0.15, 0.2) is 12.1 Å². The van der Waals surface area contributed by atoms with E-state index in [4.69, 9.17) is 37.6 Å². The van der Waals surface area contributed by atoms with Crippen molar-refractivity contribution in [1.29, 1.82) is 0 Å². The third-order valence-corrected chi connectivity index (χ3v) is 6.48. The number of alkyl halides is 2. The van der Waals surface area contributed by atoms with Crippen LogP contribution >= 0.6 is 0 Å². The summed E-state index contributed by atoms with van der Waals surface area (Å²) < 4.78 is 67.8. The summed E-state index contributed by atoms with van der Waals surface area (Å²) in [4.78, 5) is 25.9. The number of rotatable bonds is 10. The summed E-state index contributed by atoms with van der Waals surface area (Å²) in [5.74, 6) is -5.33. The van der Waals surface area contributed by atoms with Gasteiger partial charge in [-0.25, -0.2) is 8.78 Å². The number of halogens is 2. The molecule has 1 saturated carbocycles. The molecule has 1 aromatic carbocycles. The van der Waals surface area contributed by atoms with Crippen molar-refractivity contribution in [2.75, 3.05) is 5.75 Å². The minimum absolute atomic E-state index is 0.0330. The molecular weight excluding hydrogens is 467 g/mol. The SMILES string of the molecule is [B]Cc1cc(C[B])c(OC(=O)C2CCCCCC2C(=O)OC(CS(=O)(=O)O)C(F)F)c(C[B])c1. The maximum absolute atomic E-state index is 13.2. The molecule has 7 nitrogen and oxygen atoms in total. The van der Waals surface area contributed by atoms with E-state index in [1.165, 1.54) is 0 Å². The van der Waals surface area contributed by atoms with E-state index < -0.39 is 52.2 Å². The Bertz CT molecular complexity index is 950. The van der Waals surface area contributed by atoms with Crippen LogP contribution in [-0.2, 0) is 43.4 Å². The normalized spacial score (nSPS) is 19.9. The van der Waals surface area contributed by atoms with Crippen LogP contribution in [0.5, 0.6) is 5.75 Å². The Labute approximate surface area is 202 Å². The highest BCUT2D eigenvalue weighted by molar-refractivity contribution is 7.85. The van der Waals surface area contributed by atoms with Gasteiger partial charge >= 0.3 is 11.9 Å². The summed E-state index contributed by atoms with van der Waals surface area (Å²) in [5.41, 5.74) is 1.74. The van der Waals surface area contributed by atoms with Gasteiger partial charge in [0.15, 0.2) is 6.10 Å². The molecule has 1 N–H and O–H groups in total. The quantitative estimate of drug-likeness (QED) is 0.175. The molecule has 3 atom stereocenters. The van der Waals surface area contributed by atoms with E-state index in [2.05, 4.69) is 0 Å². The number of ether oxygens (including phenoxy) is 2. The summed E-state index contributed by atoms with van der Waals surface area (Å²) in [5, 5.41) is 0. The molecule has 2 rings (SSSR count). The van der Waals surface area contributed by atoms with Gasteiger partial charge in [0, 0.05) is 0 Å². The highest BCUT2D eigenvalue weighted by Crippen LogP contribution is 2.34. The van der Waals surface area contributed by atoms with E-state index in [0.717, 1.165) is 5.56 Å². The van der Waals surface area contributed by atoms with Crippen molar-refractivity contribution < 1.29 is 40.8 Å². The first-order chi connectivity index (χ1) is 16.0. The fraction of sp³-hybridized carbons (Fsp3) is 0.619. The van der Waals surface area contributed by atoms with Crippen molar-refractivity contribution in [2.45, 2.75) is 63.6 Å². The molecule has 180 valence electrons. The van der Waals surface area contributed by atoms with Crippen LogP contribution in [0, 0.1) is 11.8 Å². The fourth-order valence-electron chi connectivity index (χ4n) is 4.03. The molecule has 0 amide bonds. The van der Waals surface area contributed by atoms with Crippen LogP contribution in [-0.4, -0.2) is 66.7 Å². The maximum Gasteiger partial charge on any atom is 0.315 e. The third kappa shape index (κ3) is 7.83. The van der Waals surface area contributed by atoms with Gasteiger partial charge in [-0.2, -0.15) is 8.42 Å². The highest BCUT2D eigenvalue weighted by Gasteiger charge is 2.40. The van der Waals surface area contributed by atoms with Crippen molar-refractivity contribution in [3.05, 3.63) is 28.8 Å². The summed E-state index contributed by atoms with van der Waals surface area (Å²) in [6, 6.07) is 3.37. The van der Waals surface area contributed by atoms with Crippen molar-refractivity contribution in [1.82, 2.24) is 0 Å². The molecule has 0 aliphatic heterocycles. The standard InChI is InChI=1S/C21H25B3F2O7S/c22-8-12-6-13(9-23)18(14(7-12)10-24)33-21(28)16-5-3-1-2-4-15(16)20(27)32-17(19(25)26)11-34(29,30)31/h6-7,15-17,19H,1-5,8-11H2,(H,29,30,31). The van der Waals surface area contributed by atoms with Crippen molar-refractivity contribution in [2.24, 2.45) is 11.8 Å². The second kappa shape index (κ2) is 12.7. The largest absolute Gasteiger partial charge is 0.455 e. The van der Waals surface area contributed by atoms with Crippen LogP contribution in [0.4, 0.5) is 8.78 Å². The molecule has 13 heteroatoms. The molecular formula is C21H25B3F2O7S. The molecule has 0 spiro atoms. The molecule has 0 heterocycles. The van der Waals surface area contributed by atoms with Gasteiger partial charge in [-0.05, 0) is 24.0 Å². The number of hydrogen-bond acceptors (Lipinski definition) is 6. The predicted octanol–water partition coefficient (Wildman–Crippen LogP) is 1.86. The molecule has 3 unspecified atom stereocenters. The molecule has 6 radical (unpaired) electrons. The Balaban J connectivity index is 2.29. The second-order valence-corrected chi connectivity index (χ2v) is 9.68.